The van der Waals surface area contributed by atoms with Crippen LogP contribution in [0.5, 0.6) is 0 Å². The van der Waals surface area contributed by atoms with Gasteiger partial charge in [-0.1, -0.05) is 17.7 Å². The van der Waals surface area contributed by atoms with Crippen LogP contribution in [0.15, 0.2) is 18.2 Å². The Morgan fingerprint density at radius 2 is 1.72 bits per heavy atom. The Morgan fingerprint density at radius 3 is 2.17 bits per heavy atom. The molecule has 1 heterocycles. The average Bonchev–Trinajstić information content (AvgIpc) is 2.47. The Balaban J connectivity index is 2.33. The minimum absolute atomic E-state index is 0.394. The summed E-state index contributed by atoms with van der Waals surface area (Å²) in [5.41, 5.74) is 0.499. The maximum absolute atomic E-state index is 8.81. The minimum atomic E-state index is -0.491. The van der Waals surface area contributed by atoms with E-state index in [-0.39, 0.29) is 0 Å². The molecular weight excluding hydrogens is 248 g/mol. The smallest absolute Gasteiger partial charge is 0.399 e. The fourth-order valence-electron chi connectivity index (χ4n) is 1.76. The van der Waals surface area contributed by atoms with Crippen LogP contribution in [-0.2, 0) is 9.31 Å². The van der Waals surface area contributed by atoms with E-state index in [4.69, 9.17) is 26.2 Å². The molecule has 1 aromatic rings. The average molecular weight is 264 g/mol. The molecule has 94 valence electrons. The lowest BCUT2D eigenvalue weighted by molar-refractivity contribution is 0.00578. The van der Waals surface area contributed by atoms with Crippen molar-refractivity contribution in [1.82, 2.24) is 0 Å². The Morgan fingerprint density at radius 1 is 1.17 bits per heavy atom. The molecule has 1 aliphatic heterocycles. The molecule has 0 saturated carbocycles. The molecule has 0 N–H and O–H groups in total. The minimum Gasteiger partial charge on any atom is -0.399 e. The van der Waals surface area contributed by atoms with Gasteiger partial charge < -0.3 is 9.31 Å². The van der Waals surface area contributed by atoms with E-state index in [1.54, 1.807) is 18.2 Å². The summed E-state index contributed by atoms with van der Waals surface area (Å²) in [6.45, 7) is 7.96. The van der Waals surface area contributed by atoms with E-state index in [0.29, 0.717) is 10.6 Å². The third-order valence-corrected chi connectivity index (χ3v) is 3.96. The molecule has 0 aromatic heterocycles. The zero-order valence-corrected chi connectivity index (χ0v) is 11.7. The Labute approximate surface area is 113 Å². The highest BCUT2D eigenvalue weighted by Crippen LogP contribution is 2.36. The van der Waals surface area contributed by atoms with Gasteiger partial charge in [-0.15, -0.1) is 0 Å². The first-order valence-electron chi connectivity index (χ1n) is 5.82. The van der Waals surface area contributed by atoms with Crippen molar-refractivity contribution in [2.75, 3.05) is 0 Å². The number of nitrogens with zero attached hydrogens (tertiary/aromatic N) is 1. The molecule has 5 heteroatoms. The second kappa shape index (κ2) is 4.27. The van der Waals surface area contributed by atoms with Crippen molar-refractivity contribution < 1.29 is 9.31 Å². The summed E-state index contributed by atoms with van der Waals surface area (Å²) in [5, 5.41) is 9.31. The van der Waals surface area contributed by atoms with Crippen LogP contribution in [0.1, 0.15) is 33.3 Å². The van der Waals surface area contributed by atoms with E-state index in [1.165, 1.54) is 0 Å². The van der Waals surface area contributed by atoms with Crippen LogP contribution in [0.4, 0.5) is 0 Å². The molecule has 3 nitrogen and oxygen atoms in total. The number of rotatable bonds is 1. The summed E-state index contributed by atoms with van der Waals surface area (Å²) in [6, 6.07) is 7.17. The van der Waals surface area contributed by atoms with E-state index in [0.717, 1.165) is 5.46 Å². The largest absolute Gasteiger partial charge is 0.496 e. The summed E-state index contributed by atoms with van der Waals surface area (Å²) >= 11 is 6.16. The van der Waals surface area contributed by atoms with Crippen molar-refractivity contribution in [3.05, 3.63) is 28.8 Å². The fourth-order valence-corrected chi connectivity index (χ4v) is 2.03. The molecular formula is C13H15BClNO2. The Bertz CT molecular complexity index is 506. The second-order valence-corrected chi connectivity index (χ2v) is 5.84. The summed E-state index contributed by atoms with van der Waals surface area (Å²) in [4.78, 5) is 0. The summed E-state index contributed by atoms with van der Waals surface area (Å²) in [6.07, 6.45) is 0. The third-order valence-electron chi connectivity index (χ3n) is 3.64. The molecule has 0 spiro atoms. The number of benzene rings is 1. The zero-order valence-electron chi connectivity index (χ0n) is 11.0. The fraction of sp³-hybridized carbons (Fsp3) is 0.462. The highest BCUT2D eigenvalue weighted by atomic mass is 35.5. The maximum atomic E-state index is 8.81. The van der Waals surface area contributed by atoms with Crippen molar-refractivity contribution in [2.45, 2.75) is 38.9 Å². The first-order chi connectivity index (χ1) is 8.27. The van der Waals surface area contributed by atoms with Gasteiger partial charge in [0.1, 0.15) is 0 Å². The van der Waals surface area contributed by atoms with Gasteiger partial charge in [0.15, 0.2) is 0 Å². The van der Waals surface area contributed by atoms with Gasteiger partial charge in [-0.2, -0.15) is 5.26 Å². The highest BCUT2D eigenvalue weighted by Gasteiger charge is 2.52. The summed E-state index contributed by atoms with van der Waals surface area (Å²) < 4.78 is 11.8. The quantitative estimate of drug-likeness (QED) is 0.731. The molecule has 1 aliphatic rings. The molecule has 0 amide bonds. The van der Waals surface area contributed by atoms with E-state index < -0.39 is 18.3 Å². The van der Waals surface area contributed by atoms with Crippen molar-refractivity contribution in [2.24, 2.45) is 0 Å². The van der Waals surface area contributed by atoms with Crippen LogP contribution < -0.4 is 5.46 Å². The van der Waals surface area contributed by atoms with Crippen LogP contribution in [0, 0.1) is 11.3 Å². The van der Waals surface area contributed by atoms with Gasteiger partial charge in [-0.05, 0) is 39.8 Å². The molecule has 0 atom stereocenters. The van der Waals surface area contributed by atoms with Gasteiger partial charge in [0.25, 0.3) is 0 Å². The molecule has 0 bridgehead atoms. The van der Waals surface area contributed by atoms with E-state index >= 15 is 0 Å². The van der Waals surface area contributed by atoms with Gasteiger partial charge in [-0.3, -0.25) is 0 Å². The van der Waals surface area contributed by atoms with Crippen LogP contribution in [-0.4, -0.2) is 18.3 Å². The normalized spacial score (nSPS) is 20.8. The monoisotopic (exact) mass is 263 g/mol. The first-order valence-corrected chi connectivity index (χ1v) is 6.20. The van der Waals surface area contributed by atoms with Crippen molar-refractivity contribution in [1.29, 1.82) is 5.26 Å². The molecule has 0 aliphatic carbocycles. The van der Waals surface area contributed by atoms with E-state index in [2.05, 4.69) is 6.07 Å². The summed E-state index contributed by atoms with van der Waals surface area (Å²) in [5.74, 6) is 0. The predicted octanol–water partition coefficient (Wildman–Crippen LogP) is 2.51. The predicted molar refractivity (Wildman–Crippen MR) is 71.9 cm³/mol. The standard InChI is InChI=1S/C13H15BClNO2/c1-12(2)13(3,4)18-14(17-12)10-6-5-9(8-16)7-11(10)15/h5-7H,1-4H3. The molecule has 1 aromatic carbocycles. The van der Waals surface area contributed by atoms with Crippen molar-refractivity contribution >= 4 is 24.2 Å². The second-order valence-electron chi connectivity index (χ2n) is 5.44. The van der Waals surface area contributed by atoms with Gasteiger partial charge in [-0.25, -0.2) is 0 Å². The number of hydrogen-bond acceptors (Lipinski definition) is 3. The molecule has 2 rings (SSSR count). The number of hydrogen-bond donors (Lipinski definition) is 0. The highest BCUT2D eigenvalue weighted by molar-refractivity contribution is 6.65. The number of halogens is 1. The Kier molecular flexibility index (Phi) is 3.18. The molecule has 0 radical (unpaired) electrons. The van der Waals surface area contributed by atoms with Crippen LogP contribution in [0.25, 0.3) is 0 Å². The van der Waals surface area contributed by atoms with Crippen LogP contribution >= 0.6 is 11.6 Å². The Hall–Kier alpha value is -1.02. The van der Waals surface area contributed by atoms with Gasteiger partial charge in [0.2, 0.25) is 0 Å². The molecule has 1 fully saturated rings. The van der Waals surface area contributed by atoms with Gasteiger partial charge in [0.05, 0.1) is 22.8 Å². The molecule has 1 saturated heterocycles. The van der Waals surface area contributed by atoms with Crippen molar-refractivity contribution in [3.8, 4) is 6.07 Å². The van der Waals surface area contributed by atoms with E-state index in [9.17, 15) is 0 Å². The maximum Gasteiger partial charge on any atom is 0.496 e. The van der Waals surface area contributed by atoms with Gasteiger partial charge >= 0.3 is 7.12 Å². The molecule has 18 heavy (non-hydrogen) atoms. The molecule has 0 unspecified atom stereocenters. The SMILES string of the molecule is CC1(C)OB(c2ccc(C#N)cc2Cl)OC1(C)C. The van der Waals surface area contributed by atoms with Crippen molar-refractivity contribution in [3.63, 3.8) is 0 Å². The lowest BCUT2D eigenvalue weighted by Crippen LogP contribution is -2.41. The summed E-state index contributed by atoms with van der Waals surface area (Å²) in [7, 11) is -0.491. The van der Waals surface area contributed by atoms with E-state index in [1.807, 2.05) is 27.7 Å². The topological polar surface area (TPSA) is 42.2 Å². The lowest BCUT2D eigenvalue weighted by atomic mass is 9.79. The van der Waals surface area contributed by atoms with Crippen LogP contribution in [0.3, 0.4) is 0 Å². The lowest BCUT2D eigenvalue weighted by Gasteiger charge is -2.32. The van der Waals surface area contributed by atoms with Crippen LogP contribution in [0.2, 0.25) is 5.02 Å². The number of nitriles is 1. The van der Waals surface area contributed by atoms with Gasteiger partial charge in [0, 0.05) is 10.5 Å². The third kappa shape index (κ3) is 2.14. The zero-order chi connectivity index (χ0) is 13.6. The first kappa shape index (κ1) is 13.4.